The van der Waals surface area contributed by atoms with Gasteiger partial charge in [0, 0.05) is 6.21 Å². The van der Waals surface area contributed by atoms with E-state index in [1.807, 2.05) is 12.3 Å². The van der Waals surface area contributed by atoms with E-state index in [1.54, 1.807) is 0 Å². The van der Waals surface area contributed by atoms with Crippen LogP contribution in [-0.4, -0.2) is 17.6 Å². The number of hydrogen-bond donors (Lipinski definition) is 0. The molecule has 1 nitrogen and oxygen atoms in total. The van der Waals surface area contributed by atoms with Gasteiger partial charge in [-0.05, 0) is 72.8 Å². The molecule has 23 heavy (non-hydrogen) atoms. The van der Waals surface area contributed by atoms with Crippen molar-refractivity contribution in [3.05, 3.63) is 58.3 Å². The summed E-state index contributed by atoms with van der Waals surface area (Å²) in [6.45, 7) is 6.02. The molecular formula is C21H22ClN. The lowest BCUT2D eigenvalue weighted by molar-refractivity contribution is 0.230. The minimum absolute atomic E-state index is 0.204. The van der Waals surface area contributed by atoms with Crippen molar-refractivity contribution in [3.8, 4) is 0 Å². The molecular weight excluding hydrogens is 302 g/mol. The Balaban J connectivity index is 1.68. The first-order valence-corrected chi connectivity index (χ1v) is 8.91. The molecule has 4 aliphatic carbocycles. The Morgan fingerprint density at radius 2 is 2.17 bits per heavy atom. The van der Waals surface area contributed by atoms with E-state index in [4.69, 9.17) is 16.6 Å². The molecule has 0 radical (unpaired) electrons. The zero-order chi connectivity index (χ0) is 16.0. The third-order valence-electron chi connectivity index (χ3n) is 5.69. The maximum Gasteiger partial charge on any atom is 0.0788 e. The molecule has 1 aromatic carbocycles. The van der Waals surface area contributed by atoms with E-state index < -0.39 is 0 Å². The molecule has 0 aromatic heterocycles. The van der Waals surface area contributed by atoms with E-state index in [9.17, 15) is 0 Å². The van der Waals surface area contributed by atoms with E-state index in [2.05, 4.69) is 37.4 Å². The second kappa shape index (κ2) is 5.51. The van der Waals surface area contributed by atoms with E-state index in [0.29, 0.717) is 5.41 Å². The van der Waals surface area contributed by atoms with E-state index in [0.717, 1.165) is 36.8 Å². The van der Waals surface area contributed by atoms with Crippen LogP contribution in [0, 0.1) is 12.3 Å². The lowest BCUT2D eigenvalue weighted by atomic mass is 9.72. The number of aryl methyl sites for hydroxylation is 1. The number of aliphatic imine (C=N–C) groups is 1. The van der Waals surface area contributed by atoms with Gasteiger partial charge in [0.25, 0.3) is 0 Å². The summed E-state index contributed by atoms with van der Waals surface area (Å²) in [5, 5.41) is 0.204. The van der Waals surface area contributed by atoms with Crippen molar-refractivity contribution in [2.24, 2.45) is 10.4 Å². The molecule has 118 valence electrons. The van der Waals surface area contributed by atoms with Crippen molar-refractivity contribution in [1.29, 1.82) is 0 Å². The van der Waals surface area contributed by atoms with Crippen molar-refractivity contribution in [2.45, 2.75) is 50.4 Å². The zero-order valence-corrected chi connectivity index (χ0v) is 14.4. The van der Waals surface area contributed by atoms with Crippen molar-refractivity contribution >= 4 is 23.9 Å². The number of hydrogen-bond acceptors (Lipinski definition) is 1. The zero-order valence-electron chi connectivity index (χ0n) is 13.6. The van der Waals surface area contributed by atoms with E-state index in [-0.39, 0.29) is 11.4 Å². The summed E-state index contributed by atoms with van der Waals surface area (Å²) in [4.78, 5) is 4.94. The second-order valence-electron chi connectivity index (χ2n) is 7.36. The molecule has 2 fully saturated rings. The molecule has 0 N–H and O–H groups in total. The maximum absolute atomic E-state index is 6.52. The molecule has 2 saturated carbocycles. The first kappa shape index (κ1) is 15.0. The summed E-state index contributed by atoms with van der Waals surface area (Å²) in [5.74, 6) is 0. The summed E-state index contributed by atoms with van der Waals surface area (Å²) in [7, 11) is 0. The number of halogens is 1. The first-order chi connectivity index (χ1) is 11.1. The smallest absolute Gasteiger partial charge is 0.0788 e. The van der Waals surface area contributed by atoms with Crippen LogP contribution in [0.15, 0.2) is 46.6 Å². The highest BCUT2D eigenvalue weighted by atomic mass is 35.5. The molecule has 3 bridgehead atoms. The van der Waals surface area contributed by atoms with Gasteiger partial charge in [0.2, 0.25) is 0 Å². The van der Waals surface area contributed by atoms with E-state index in [1.165, 1.54) is 23.1 Å². The molecule has 2 heteroatoms. The molecule has 0 aliphatic heterocycles. The highest BCUT2D eigenvalue weighted by Crippen LogP contribution is 2.56. The van der Waals surface area contributed by atoms with Crippen LogP contribution in [0.4, 0.5) is 0 Å². The van der Waals surface area contributed by atoms with Gasteiger partial charge in [-0.3, -0.25) is 4.99 Å². The van der Waals surface area contributed by atoms with Crippen LogP contribution in [-0.2, 0) is 0 Å². The van der Waals surface area contributed by atoms with Crippen molar-refractivity contribution in [2.75, 3.05) is 0 Å². The molecule has 1 spiro atoms. The Hall–Kier alpha value is -1.56. The lowest BCUT2D eigenvalue weighted by Crippen LogP contribution is -2.28. The normalized spacial score (nSPS) is 31.9. The van der Waals surface area contributed by atoms with Crippen LogP contribution >= 0.6 is 11.6 Å². The summed E-state index contributed by atoms with van der Waals surface area (Å²) >= 11 is 6.52. The number of rotatable bonds is 3. The minimum Gasteiger partial charge on any atom is -0.284 e. The van der Waals surface area contributed by atoms with Crippen LogP contribution in [0.2, 0.25) is 0 Å². The van der Waals surface area contributed by atoms with Crippen LogP contribution in [0.5, 0.6) is 0 Å². The average Bonchev–Trinajstić information content (AvgIpc) is 2.66. The van der Waals surface area contributed by atoms with E-state index >= 15 is 0 Å². The van der Waals surface area contributed by atoms with Gasteiger partial charge in [-0.25, -0.2) is 0 Å². The third kappa shape index (κ3) is 2.63. The van der Waals surface area contributed by atoms with Crippen molar-refractivity contribution in [1.82, 2.24) is 0 Å². The SMILES string of the molecule is C=Cc1ccc(C)cc1C=NC1CC23CCC(=C=C1C2)C(Cl)C3. The quantitative estimate of drug-likeness (QED) is 0.398. The second-order valence-corrected chi connectivity index (χ2v) is 7.89. The minimum atomic E-state index is 0.204. The van der Waals surface area contributed by atoms with Crippen LogP contribution in [0.3, 0.4) is 0 Å². The predicted octanol–water partition coefficient (Wildman–Crippen LogP) is 5.46. The van der Waals surface area contributed by atoms with Gasteiger partial charge in [0.05, 0.1) is 11.4 Å². The van der Waals surface area contributed by atoms with Crippen molar-refractivity contribution in [3.63, 3.8) is 0 Å². The number of alkyl halides is 1. The molecule has 1 aromatic rings. The fourth-order valence-corrected chi connectivity index (χ4v) is 4.91. The topological polar surface area (TPSA) is 12.4 Å². The molecule has 3 unspecified atom stereocenters. The monoisotopic (exact) mass is 323 g/mol. The number of nitrogens with zero attached hydrogens (tertiary/aromatic N) is 1. The van der Waals surface area contributed by atoms with Gasteiger partial charge in [-0.1, -0.05) is 30.4 Å². The molecule has 0 amide bonds. The molecule has 5 rings (SSSR count). The Morgan fingerprint density at radius 1 is 1.30 bits per heavy atom. The molecule has 3 atom stereocenters. The predicted molar refractivity (Wildman–Crippen MR) is 98.4 cm³/mol. The highest BCUT2D eigenvalue weighted by Gasteiger charge is 2.47. The summed E-state index contributed by atoms with van der Waals surface area (Å²) in [6, 6.07) is 6.70. The third-order valence-corrected chi connectivity index (χ3v) is 6.10. The fourth-order valence-electron chi connectivity index (χ4n) is 4.41. The van der Waals surface area contributed by atoms with Crippen LogP contribution < -0.4 is 0 Å². The number of benzene rings is 1. The first-order valence-electron chi connectivity index (χ1n) is 8.47. The van der Waals surface area contributed by atoms with Crippen LogP contribution in [0.25, 0.3) is 6.08 Å². The van der Waals surface area contributed by atoms with Gasteiger partial charge in [-0.15, -0.1) is 17.3 Å². The van der Waals surface area contributed by atoms with Gasteiger partial charge < -0.3 is 0 Å². The van der Waals surface area contributed by atoms with Crippen molar-refractivity contribution < 1.29 is 0 Å². The summed E-state index contributed by atoms with van der Waals surface area (Å²) in [6.07, 6.45) is 9.71. The average molecular weight is 324 g/mol. The Morgan fingerprint density at radius 3 is 2.96 bits per heavy atom. The van der Waals surface area contributed by atoms with Gasteiger partial charge in [0.1, 0.15) is 0 Å². The fraction of sp³-hybridized carbons (Fsp3) is 0.429. The summed E-state index contributed by atoms with van der Waals surface area (Å²) < 4.78 is 0. The summed E-state index contributed by atoms with van der Waals surface area (Å²) in [5.41, 5.74) is 10.3. The Kier molecular flexibility index (Phi) is 3.59. The van der Waals surface area contributed by atoms with Gasteiger partial charge in [0.15, 0.2) is 0 Å². The highest BCUT2D eigenvalue weighted by molar-refractivity contribution is 6.22. The van der Waals surface area contributed by atoms with Gasteiger partial charge in [-0.2, -0.15) is 0 Å². The molecule has 0 heterocycles. The molecule has 4 aliphatic rings. The Labute approximate surface area is 143 Å². The standard InChI is InChI=1S/C21H22ClN/c1-3-15-5-4-14(2)8-18(15)13-23-20-12-21-7-6-16(19(22)11-21)9-17(20)10-21/h3-5,8,13,19-20H,1,6-7,10-12H2,2H3. The maximum atomic E-state index is 6.52. The Bertz CT molecular complexity index is 766. The van der Waals surface area contributed by atoms with Crippen LogP contribution in [0.1, 0.15) is 48.8 Å². The van der Waals surface area contributed by atoms with Gasteiger partial charge >= 0.3 is 0 Å². The molecule has 0 saturated heterocycles. The lowest BCUT2D eigenvalue weighted by Gasteiger charge is -2.35. The number of fused-ring (bicyclic) bond motifs is 2. The largest absolute Gasteiger partial charge is 0.284 e.